The van der Waals surface area contributed by atoms with Gasteiger partial charge in [-0.1, -0.05) is 13.8 Å². The molecule has 0 bridgehead atoms. The fourth-order valence-corrected chi connectivity index (χ4v) is 2.69. The maximum atomic E-state index is 13.9. The van der Waals surface area contributed by atoms with E-state index in [1.165, 1.54) is 21.0 Å². The highest BCUT2D eigenvalue weighted by atomic mass is 32.2. The van der Waals surface area contributed by atoms with Crippen LogP contribution >= 0.6 is 0 Å². The van der Waals surface area contributed by atoms with E-state index >= 15 is 0 Å². The number of halogens is 1. The van der Waals surface area contributed by atoms with Gasteiger partial charge >= 0.3 is 5.97 Å². The van der Waals surface area contributed by atoms with Crippen LogP contribution in [0, 0.1) is 11.7 Å². The molecule has 0 radical (unpaired) electrons. The van der Waals surface area contributed by atoms with Crippen molar-refractivity contribution in [2.24, 2.45) is 5.92 Å². The molecule has 0 aliphatic heterocycles. The monoisotopic (exact) mass is 374 g/mol. The number of hydrogen-bond acceptors (Lipinski definition) is 5. The van der Waals surface area contributed by atoms with Crippen molar-refractivity contribution in [1.82, 2.24) is 9.62 Å². The molecule has 0 aliphatic carbocycles. The van der Waals surface area contributed by atoms with Crippen molar-refractivity contribution >= 4 is 21.9 Å². The van der Waals surface area contributed by atoms with Crippen LogP contribution < -0.4 is 5.32 Å². The van der Waals surface area contributed by atoms with Gasteiger partial charge < -0.3 is 10.1 Å². The van der Waals surface area contributed by atoms with Gasteiger partial charge in [-0.2, -0.15) is 0 Å². The molecule has 0 saturated heterocycles. The van der Waals surface area contributed by atoms with Gasteiger partial charge in [0.15, 0.2) is 6.10 Å². The summed E-state index contributed by atoms with van der Waals surface area (Å²) in [5.41, 5.74) is -0.550. The largest absolute Gasteiger partial charge is 0.449 e. The molecular weight excluding hydrogens is 351 g/mol. The maximum absolute atomic E-state index is 13.9. The fourth-order valence-electron chi connectivity index (χ4n) is 1.76. The van der Waals surface area contributed by atoms with Crippen molar-refractivity contribution in [2.45, 2.75) is 31.8 Å². The summed E-state index contributed by atoms with van der Waals surface area (Å²) in [4.78, 5) is 23.7. The summed E-state index contributed by atoms with van der Waals surface area (Å²) in [5, 5.41) is 2.59. The number of nitrogens with one attached hydrogen (secondary N) is 1. The first kappa shape index (κ1) is 21.0. The van der Waals surface area contributed by atoms with Crippen LogP contribution in [-0.4, -0.2) is 51.3 Å². The minimum absolute atomic E-state index is 0.220. The molecule has 7 nitrogen and oxygen atoms in total. The number of ether oxygens (including phenoxy) is 1. The minimum atomic E-state index is -3.83. The number of carbonyl (C=O) groups is 2. The van der Waals surface area contributed by atoms with E-state index < -0.39 is 39.4 Å². The Morgan fingerprint density at radius 2 is 1.84 bits per heavy atom. The Hall–Kier alpha value is -2.00. The summed E-state index contributed by atoms with van der Waals surface area (Å²) in [6.07, 6.45) is -1.14. The molecule has 0 heterocycles. The number of esters is 1. The molecule has 140 valence electrons. The molecule has 0 aliphatic rings. The highest BCUT2D eigenvalue weighted by molar-refractivity contribution is 7.89. The third kappa shape index (κ3) is 5.50. The number of benzene rings is 1. The summed E-state index contributed by atoms with van der Waals surface area (Å²) >= 11 is 0. The third-order valence-corrected chi connectivity index (χ3v) is 5.08. The van der Waals surface area contributed by atoms with Crippen LogP contribution in [0.15, 0.2) is 23.1 Å². The molecule has 0 fully saturated rings. The van der Waals surface area contributed by atoms with Crippen LogP contribution in [0.3, 0.4) is 0 Å². The van der Waals surface area contributed by atoms with Crippen molar-refractivity contribution in [2.75, 3.05) is 20.6 Å². The van der Waals surface area contributed by atoms with E-state index in [9.17, 15) is 22.4 Å². The van der Waals surface area contributed by atoms with Crippen LogP contribution in [0.2, 0.25) is 0 Å². The molecule has 0 aromatic heterocycles. The van der Waals surface area contributed by atoms with Gasteiger partial charge in [0.05, 0.1) is 10.5 Å². The molecule has 1 atom stereocenters. The second-order valence-corrected chi connectivity index (χ2v) is 8.27. The Bertz CT molecular complexity index is 747. The number of nitrogens with zero attached hydrogens (tertiary/aromatic N) is 1. The van der Waals surface area contributed by atoms with E-state index in [4.69, 9.17) is 4.74 Å². The van der Waals surface area contributed by atoms with Crippen LogP contribution in [0.5, 0.6) is 0 Å². The zero-order chi connectivity index (χ0) is 19.4. The first-order valence-corrected chi connectivity index (χ1v) is 9.11. The third-order valence-electron chi connectivity index (χ3n) is 3.27. The molecule has 25 heavy (non-hydrogen) atoms. The number of rotatable bonds is 7. The van der Waals surface area contributed by atoms with Crippen LogP contribution in [0.4, 0.5) is 4.39 Å². The quantitative estimate of drug-likeness (QED) is 0.728. The zero-order valence-electron chi connectivity index (χ0n) is 14.9. The van der Waals surface area contributed by atoms with Gasteiger partial charge in [-0.3, -0.25) is 4.79 Å². The number of amides is 1. The van der Waals surface area contributed by atoms with Crippen molar-refractivity contribution < 1.29 is 27.1 Å². The maximum Gasteiger partial charge on any atom is 0.341 e. The van der Waals surface area contributed by atoms with Crippen LogP contribution in [0.25, 0.3) is 0 Å². The van der Waals surface area contributed by atoms with Gasteiger partial charge in [-0.25, -0.2) is 21.9 Å². The minimum Gasteiger partial charge on any atom is -0.449 e. The molecule has 1 rings (SSSR count). The average molecular weight is 374 g/mol. The van der Waals surface area contributed by atoms with Crippen molar-refractivity contribution in [3.05, 3.63) is 29.6 Å². The van der Waals surface area contributed by atoms with Crippen molar-refractivity contribution in [1.29, 1.82) is 0 Å². The highest BCUT2D eigenvalue weighted by Gasteiger charge is 2.24. The topological polar surface area (TPSA) is 92.8 Å². The highest BCUT2D eigenvalue weighted by Crippen LogP contribution is 2.19. The molecule has 0 saturated carbocycles. The van der Waals surface area contributed by atoms with Crippen molar-refractivity contribution in [3.63, 3.8) is 0 Å². The lowest BCUT2D eigenvalue weighted by atomic mass is 10.2. The Balaban J connectivity index is 2.97. The molecule has 1 N–H and O–H groups in total. The predicted octanol–water partition coefficient (Wildman–Crippen LogP) is 1.39. The van der Waals surface area contributed by atoms with E-state index in [1.807, 2.05) is 13.8 Å². The summed E-state index contributed by atoms with van der Waals surface area (Å²) in [6.45, 7) is 5.57. The molecule has 0 spiro atoms. The zero-order valence-corrected chi connectivity index (χ0v) is 15.7. The SMILES string of the molecule is CC(C)CNC(=O)[C@H](C)OC(=O)c1cc(S(=O)(=O)N(C)C)ccc1F. The number of hydrogen-bond donors (Lipinski definition) is 1. The van der Waals surface area contributed by atoms with E-state index in [0.29, 0.717) is 6.54 Å². The molecule has 1 aromatic rings. The summed E-state index contributed by atoms with van der Waals surface area (Å²) in [6, 6.07) is 2.82. The van der Waals surface area contributed by atoms with Crippen molar-refractivity contribution in [3.8, 4) is 0 Å². The predicted molar refractivity (Wildman–Crippen MR) is 90.0 cm³/mol. The molecule has 9 heteroatoms. The Kier molecular flexibility index (Phi) is 7.06. The lowest BCUT2D eigenvalue weighted by molar-refractivity contribution is -0.129. The van der Waals surface area contributed by atoms with E-state index in [1.54, 1.807) is 0 Å². The molecule has 1 aromatic carbocycles. The average Bonchev–Trinajstić information content (AvgIpc) is 2.52. The Labute approximate surface area is 147 Å². The Morgan fingerprint density at radius 3 is 2.36 bits per heavy atom. The van der Waals surface area contributed by atoms with Gasteiger partial charge in [0.2, 0.25) is 10.0 Å². The van der Waals surface area contributed by atoms with Gasteiger partial charge in [-0.15, -0.1) is 0 Å². The van der Waals surface area contributed by atoms with E-state index in [2.05, 4.69) is 5.32 Å². The lowest BCUT2D eigenvalue weighted by Crippen LogP contribution is -2.37. The van der Waals surface area contributed by atoms with Crippen LogP contribution in [0.1, 0.15) is 31.1 Å². The summed E-state index contributed by atoms with van der Waals surface area (Å²) in [7, 11) is -1.20. The van der Waals surface area contributed by atoms with E-state index in [0.717, 1.165) is 22.5 Å². The van der Waals surface area contributed by atoms with Gasteiger partial charge in [0.1, 0.15) is 5.82 Å². The van der Waals surface area contributed by atoms with Gasteiger partial charge in [0.25, 0.3) is 5.91 Å². The first-order chi connectivity index (χ1) is 11.5. The summed E-state index contributed by atoms with van der Waals surface area (Å²) in [5.74, 6) is -2.34. The second kappa shape index (κ2) is 8.39. The molecule has 0 unspecified atom stereocenters. The Morgan fingerprint density at radius 1 is 1.24 bits per heavy atom. The lowest BCUT2D eigenvalue weighted by Gasteiger charge is -2.16. The van der Waals surface area contributed by atoms with Gasteiger partial charge in [0, 0.05) is 20.6 Å². The summed E-state index contributed by atoms with van der Waals surface area (Å²) < 4.78 is 44.0. The fraction of sp³-hybridized carbons (Fsp3) is 0.500. The first-order valence-electron chi connectivity index (χ1n) is 7.67. The normalized spacial score (nSPS) is 13.0. The number of carbonyl (C=O) groups excluding carboxylic acids is 2. The van der Waals surface area contributed by atoms with E-state index in [-0.39, 0.29) is 10.8 Å². The van der Waals surface area contributed by atoms with Crippen LogP contribution in [-0.2, 0) is 19.6 Å². The standard InChI is InChI=1S/C16H23FN2O5S/c1-10(2)9-18-15(20)11(3)24-16(21)13-8-12(6-7-14(13)17)25(22,23)19(4)5/h6-8,10-11H,9H2,1-5H3,(H,18,20)/t11-/m0/s1. The molecular formula is C16H23FN2O5S. The number of sulfonamides is 1. The second-order valence-electron chi connectivity index (χ2n) is 6.12. The molecule has 1 amide bonds. The smallest absolute Gasteiger partial charge is 0.341 e. The van der Waals surface area contributed by atoms with Gasteiger partial charge in [-0.05, 0) is 31.0 Å².